The molecule has 0 heterocycles. The number of nitrogens with two attached hydrogens (primary N) is 2. The molecule has 302 valence electrons. The molecule has 0 bridgehead atoms. The SMILES string of the molecule is Br.CCCCCCCCC=CCCCCCCCC(=O)OCCC(N)(CCCN)CCOC(=O)CCCCCCCC=CCCCCCCCC. The largest absolute Gasteiger partial charge is 0.466 e. The van der Waals surface area contributed by atoms with Crippen molar-refractivity contribution < 1.29 is 19.1 Å². The highest BCUT2D eigenvalue weighted by molar-refractivity contribution is 8.93. The lowest BCUT2D eigenvalue weighted by Gasteiger charge is -2.29. The van der Waals surface area contributed by atoms with Crippen LogP contribution in [0.3, 0.4) is 0 Å². The molecule has 0 spiro atoms. The van der Waals surface area contributed by atoms with Crippen LogP contribution in [-0.4, -0.2) is 37.2 Å². The first-order valence-electron chi connectivity index (χ1n) is 21.6. The Kier molecular flexibility index (Phi) is 42.3. The molecule has 51 heavy (non-hydrogen) atoms. The van der Waals surface area contributed by atoms with Crippen molar-refractivity contribution in [3.8, 4) is 0 Å². The lowest BCUT2D eigenvalue weighted by Crippen LogP contribution is -2.43. The number of unbranched alkanes of at least 4 members (excludes halogenated alkanes) is 22. The van der Waals surface area contributed by atoms with Gasteiger partial charge < -0.3 is 20.9 Å². The van der Waals surface area contributed by atoms with Crippen molar-refractivity contribution in [1.82, 2.24) is 0 Å². The first-order chi connectivity index (χ1) is 24.5. The lowest BCUT2D eigenvalue weighted by atomic mass is 9.88. The maximum atomic E-state index is 12.3. The van der Waals surface area contributed by atoms with Gasteiger partial charge >= 0.3 is 11.9 Å². The summed E-state index contributed by atoms with van der Waals surface area (Å²) in [6, 6.07) is 0. The highest BCUT2D eigenvalue weighted by atomic mass is 79.9. The Hall–Kier alpha value is -1.18. The molecular formula is C44H85BrN2O4. The zero-order chi connectivity index (χ0) is 36.6. The fraction of sp³-hybridized carbons (Fsp3) is 0.864. The van der Waals surface area contributed by atoms with Crippen LogP contribution < -0.4 is 11.5 Å². The smallest absolute Gasteiger partial charge is 0.305 e. The van der Waals surface area contributed by atoms with Gasteiger partial charge in [0.2, 0.25) is 0 Å². The summed E-state index contributed by atoms with van der Waals surface area (Å²) in [6.45, 7) is 5.69. The molecule has 0 radical (unpaired) electrons. The summed E-state index contributed by atoms with van der Waals surface area (Å²) in [5.74, 6) is -0.287. The zero-order valence-electron chi connectivity index (χ0n) is 33.8. The monoisotopic (exact) mass is 785 g/mol. The van der Waals surface area contributed by atoms with Gasteiger partial charge in [-0.15, -0.1) is 17.0 Å². The molecule has 0 saturated heterocycles. The van der Waals surface area contributed by atoms with Crippen LogP contribution in [0, 0.1) is 0 Å². The van der Waals surface area contributed by atoms with Crippen LogP contribution >= 0.6 is 17.0 Å². The molecule has 0 aromatic carbocycles. The normalized spacial score (nSPS) is 12.7. The third-order valence-electron chi connectivity index (χ3n) is 9.89. The number of hydrogen-bond acceptors (Lipinski definition) is 6. The summed E-state index contributed by atoms with van der Waals surface area (Å²) in [7, 11) is 0. The second-order valence-corrected chi connectivity index (χ2v) is 14.9. The molecular weight excluding hydrogens is 700 g/mol. The summed E-state index contributed by atoms with van der Waals surface area (Å²) >= 11 is 0. The van der Waals surface area contributed by atoms with Gasteiger partial charge in [-0.2, -0.15) is 0 Å². The number of carbonyl (C=O) groups excluding carboxylic acids is 2. The minimum atomic E-state index is -0.550. The topological polar surface area (TPSA) is 105 Å². The second-order valence-electron chi connectivity index (χ2n) is 14.9. The lowest BCUT2D eigenvalue weighted by molar-refractivity contribution is -0.144. The average molecular weight is 786 g/mol. The molecule has 0 aliphatic heterocycles. The molecule has 0 aromatic heterocycles. The molecule has 0 unspecified atom stereocenters. The number of rotatable bonds is 39. The van der Waals surface area contributed by atoms with E-state index in [0.717, 1.165) is 38.5 Å². The van der Waals surface area contributed by atoms with Crippen molar-refractivity contribution in [2.24, 2.45) is 11.5 Å². The second kappa shape index (κ2) is 41.6. The molecule has 0 fully saturated rings. The van der Waals surface area contributed by atoms with Gasteiger partial charge in [-0.05, 0) is 96.4 Å². The Bertz CT molecular complexity index is 746. The highest BCUT2D eigenvalue weighted by Crippen LogP contribution is 2.20. The molecule has 7 heteroatoms. The first-order valence-corrected chi connectivity index (χ1v) is 21.6. The van der Waals surface area contributed by atoms with Crippen LogP contribution in [0.25, 0.3) is 0 Å². The number of allylic oxidation sites excluding steroid dienone is 4. The fourth-order valence-corrected chi connectivity index (χ4v) is 6.39. The predicted octanol–water partition coefficient (Wildman–Crippen LogP) is 12.9. The summed E-state index contributed by atoms with van der Waals surface area (Å²) in [6.07, 6.45) is 45.1. The van der Waals surface area contributed by atoms with E-state index < -0.39 is 5.54 Å². The van der Waals surface area contributed by atoms with E-state index in [4.69, 9.17) is 20.9 Å². The molecule has 0 aromatic rings. The molecule has 0 atom stereocenters. The van der Waals surface area contributed by atoms with Crippen molar-refractivity contribution in [3.63, 3.8) is 0 Å². The van der Waals surface area contributed by atoms with Gasteiger partial charge in [-0.3, -0.25) is 9.59 Å². The van der Waals surface area contributed by atoms with Gasteiger partial charge in [0, 0.05) is 18.4 Å². The average Bonchev–Trinajstić information content (AvgIpc) is 3.10. The summed E-state index contributed by atoms with van der Waals surface area (Å²) in [5, 5.41) is 0. The van der Waals surface area contributed by atoms with Gasteiger partial charge in [0.25, 0.3) is 0 Å². The maximum absolute atomic E-state index is 12.3. The van der Waals surface area contributed by atoms with Crippen molar-refractivity contribution in [1.29, 1.82) is 0 Å². The van der Waals surface area contributed by atoms with Crippen molar-refractivity contribution >= 4 is 28.9 Å². The minimum absolute atomic E-state index is 0. The van der Waals surface area contributed by atoms with Crippen LogP contribution in [0.4, 0.5) is 0 Å². The minimum Gasteiger partial charge on any atom is -0.466 e. The third-order valence-corrected chi connectivity index (χ3v) is 9.89. The fourth-order valence-electron chi connectivity index (χ4n) is 6.39. The molecule has 0 aliphatic rings. The first kappa shape index (κ1) is 51.9. The Morgan fingerprint density at radius 1 is 0.471 bits per heavy atom. The predicted molar refractivity (Wildman–Crippen MR) is 226 cm³/mol. The number of esters is 2. The van der Waals surface area contributed by atoms with Gasteiger partial charge in [-0.25, -0.2) is 0 Å². The van der Waals surface area contributed by atoms with Crippen LogP contribution in [0.2, 0.25) is 0 Å². The molecule has 0 saturated carbocycles. The molecule has 0 amide bonds. The van der Waals surface area contributed by atoms with E-state index in [1.54, 1.807) is 0 Å². The Morgan fingerprint density at radius 3 is 1.12 bits per heavy atom. The number of ether oxygens (including phenoxy) is 2. The van der Waals surface area contributed by atoms with Crippen molar-refractivity contribution in [3.05, 3.63) is 24.3 Å². The molecule has 0 aliphatic carbocycles. The maximum Gasteiger partial charge on any atom is 0.305 e. The highest BCUT2D eigenvalue weighted by Gasteiger charge is 2.25. The van der Waals surface area contributed by atoms with Gasteiger partial charge in [0.15, 0.2) is 0 Å². The zero-order valence-corrected chi connectivity index (χ0v) is 35.5. The Morgan fingerprint density at radius 2 is 0.784 bits per heavy atom. The summed E-state index contributed by atoms with van der Waals surface area (Å²) in [5.41, 5.74) is 11.9. The van der Waals surface area contributed by atoms with E-state index in [2.05, 4.69) is 38.2 Å². The van der Waals surface area contributed by atoms with E-state index in [9.17, 15) is 9.59 Å². The number of hydrogen-bond donors (Lipinski definition) is 2. The third kappa shape index (κ3) is 39.9. The molecule has 4 N–H and O–H groups in total. The van der Waals surface area contributed by atoms with E-state index >= 15 is 0 Å². The number of carbonyl (C=O) groups is 2. The van der Waals surface area contributed by atoms with Gasteiger partial charge in [-0.1, -0.05) is 141 Å². The standard InChI is InChI=1S/C44H84N2O4.BrH/c1-3-5-7-9-11-13-15-17-19-21-23-25-27-29-31-34-42(47)49-40-37-44(46,36-33-39-45)38-41-50-43(48)35-32-30-28-26-24-22-20-18-16-14-12-10-8-6-4-2;/h17-20H,3-16,21-41,45-46H2,1-2H3;1H. The van der Waals surface area contributed by atoms with Crippen LogP contribution in [0.1, 0.15) is 219 Å². The summed E-state index contributed by atoms with van der Waals surface area (Å²) in [4.78, 5) is 24.6. The quantitative estimate of drug-likeness (QED) is 0.0365. The van der Waals surface area contributed by atoms with E-state index in [1.807, 2.05) is 0 Å². The van der Waals surface area contributed by atoms with E-state index in [0.29, 0.717) is 45.4 Å². The Balaban J connectivity index is 0. The Labute approximate surface area is 327 Å². The van der Waals surface area contributed by atoms with Crippen molar-refractivity contribution in [2.75, 3.05) is 19.8 Å². The van der Waals surface area contributed by atoms with E-state index in [-0.39, 0.29) is 28.9 Å². The van der Waals surface area contributed by atoms with E-state index in [1.165, 1.54) is 141 Å². The summed E-state index contributed by atoms with van der Waals surface area (Å²) < 4.78 is 11.1. The van der Waals surface area contributed by atoms with Crippen LogP contribution in [-0.2, 0) is 19.1 Å². The molecule has 0 rings (SSSR count). The molecule has 6 nitrogen and oxygen atoms in total. The van der Waals surface area contributed by atoms with Gasteiger partial charge in [0.05, 0.1) is 13.2 Å². The van der Waals surface area contributed by atoms with Crippen LogP contribution in [0.15, 0.2) is 24.3 Å². The number of halogens is 1. The van der Waals surface area contributed by atoms with Crippen molar-refractivity contribution in [2.45, 2.75) is 225 Å². The van der Waals surface area contributed by atoms with Crippen LogP contribution in [0.5, 0.6) is 0 Å². The van der Waals surface area contributed by atoms with Gasteiger partial charge in [0.1, 0.15) is 0 Å².